The first-order valence-corrected chi connectivity index (χ1v) is 9.49. The van der Waals surface area contributed by atoms with Crippen molar-refractivity contribution in [2.45, 2.75) is 64.0 Å². The van der Waals surface area contributed by atoms with Crippen molar-refractivity contribution in [3.05, 3.63) is 47.5 Å². The highest BCUT2D eigenvalue weighted by Crippen LogP contribution is 2.21. The van der Waals surface area contributed by atoms with E-state index in [-0.39, 0.29) is 17.5 Å². The van der Waals surface area contributed by atoms with Gasteiger partial charge in [-0.2, -0.15) is 0 Å². The Hall–Kier alpha value is -2.14. The summed E-state index contributed by atoms with van der Waals surface area (Å²) in [5.74, 6) is -0.795. The minimum Gasteiger partial charge on any atom is -0.478 e. The second-order valence-corrected chi connectivity index (χ2v) is 6.89. The highest BCUT2D eigenvalue weighted by molar-refractivity contribution is 5.87. The quantitative estimate of drug-likeness (QED) is 0.496. The van der Waals surface area contributed by atoms with Gasteiger partial charge in [-0.1, -0.05) is 50.5 Å². The predicted molar refractivity (Wildman–Crippen MR) is 101 cm³/mol. The van der Waals surface area contributed by atoms with Crippen molar-refractivity contribution < 1.29 is 19.8 Å². The molecule has 0 saturated carbocycles. The number of amides is 1. The smallest absolute Gasteiger partial charge is 0.335 e. The Balaban J connectivity index is 1.87. The number of nitrogens with zero attached hydrogens (tertiary/aromatic N) is 1. The maximum absolute atomic E-state index is 12.2. The molecule has 0 spiro atoms. The lowest BCUT2D eigenvalue weighted by Crippen LogP contribution is -2.33. The number of unbranched alkanes of at least 4 members (excludes halogenated alkanes) is 2. The van der Waals surface area contributed by atoms with Crippen LogP contribution in [0, 0.1) is 0 Å². The van der Waals surface area contributed by atoms with E-state index in [9.17, 15) is 14.7 Å². The van der Waals surface area contributed by atoms with Gasteiger partial charge in [-0.3, -0.25) is 4.79 Å². The number of benzene rings is 1. The number of carboxylic acids is 1. The van der Waals surface area contributed by atoms with Crippen LogP contribution in [0.5, 0.6) is 0 Å². The molecule has 2 N–H and O–H groups in total. The summed E-state index contributed by atoms with van der Waals surface area (Å²) in [5, 5.41) is 19.0. The van der Waals surface area contributed by atoms with Gasteiger partial charge in [0, 0.05) is 13.0 Å². The molecule has 142 valence electrons. The topological polar surface area (TPSA) is 77.8 Å². The van der Waals surface area contributed by atoms with Crippen LogP contribution >= 0.6 is 0 Å². The van der Waals surface area contributed by atoms with Gasteiger partial charge in [-0.15, -0.1) is 0 Å². The third-order valence-electron chi connectivity index (χ3n) is 4.88. The van der Waals surface area contributed by atoms with E-state index in [0.717, 1.165) is 37.7 Å². The fourth-order valence-electron chi connectivity index (χ4n) is 3.27. The van der Waals surface area contributed by atoms with Crippen molar-refractivity contribution in [2.75, 3.05) is 6.54 Å². The normalized spacial score (nSPS) is 18.6. The summed E-state index contributed by atoms with van der Waals surface area (Å²) in [6, 6.07) is 6.82. The van der Waals surface area contributed by atoms with E-state index >= 15 is 0 Å². The first kappa shape index (κ1) is 20.2. The Kier molecular flexibility index (Phi) is 7.85. The molecule has 5 heteroatoms. The van der Waals surface area contributed by atoms with E-state index in [1.165, 1.54) is 0 Å². The number of likely N-dealkylation sites (tertiary alicyclic amines) is 1. The number of aromatic carboxylic acids is 1. The fourth-order valence-corrected chi connectivity index (χ4v) is 3.27. The second kappa shape index (κ2) is 10.1. The van der Waals surface area contributed by atoms with Crippen LogP contribution in [0.25, 0.3) is 0 Å². The van der Waals surface area contributed by atoms with Gasteiger partial charge < -0.3 is 15.1 Å². The summed E-state index contributed by atoms with van der Waals surface area (Å²) in [4.78, 5) is 24.9. The van der Waals surface area contributed by atoms with E-state index in [0.29, 0.717) is 19.4 Å². The summed E-state index contributed by atoms with van der Waals surface area (Å²) >= 11 is 0. The lowest BCUT2D eigenvalue weighted by molar-refractivity contribution is -0.128. The summed E-state index contributed by atoms with van der Waals surface area (Å²) in [6.45, 7) is 2.74. The average Bonchev–Trinajstić information content (AvgIpc) is 2.98. The molecule has 0 aromatic heterocycles. The van der Waals surface area contributed by atoms with Crippen molar-refractivity contribution in [2.24, 2.45) is 0 Å². The SMILES string of the molecule is CCCCCC(O)/C=C/C1CCC(=O)N1CCc1ccc(C(=O)O)cc1. The van der Waals surface area contributed by atoms with Gasteiger partial charge in [0.05, 0.1) is 17.7 Å². The second-order valence-electron chi connectivity index (χ2n) is 6.89. The van der Waals surface area contributed by atoms with E-state index in [4.69, 9.17) is 5.11 Å². The predicted octanol–water partition coefficient (Wildman–Crippen LogP) is 3.42. The number of carbonyl (C=O) groups excluding carboxylic acids is 1. The summed E-state index contributed by atoms with van der Waals surface area (Å²) < 4.78 is 0. The number of carbonyl (C=O) groups is 2. The molecule has 1 aliphatic heterocycles. The average molecular weight is 359 g/mol. The highest BCUT2D eigenvalue weighted by atomic mass is 16.4. The minimum atomic E-state index is -0.936. The maximum atomic E-state index is 12.2. The monoisotopic (exact) mass is 359 g/mol. The molecule has 1 aliphatic rings. The Morgan fingerprint density at radius 3 is 2.69 bits per heavy atom. The fraction of sp³-hybridized carbons (Fsp3) is 0.524. The molecule has 0 bridgehead atoms. The molecule has 1 amide bonds. The minimum absolute atomic E-state index is 0.0432. The molecule has 1 heterocycles. The highest BCUT2D eigenvalue weighted by Gasteiger charge is 2.28. The van der Waals surface area contributed by atoms with Crippen LogP contribution in [0.4, 0.5) is 0 Å². The van der Waals surface area contributed by atoms with Gasteiger partial charge in [-0.25, -0.2) is 4.79 Å². The van der Waals surface area contributed by atoms with E-state index in [2.05, 4.69) is 6.92 Å². The maximum Gasteiger partial charge on any atom is 0.335 e. The van der Waals surface area contributed by atoms with Gasteiger partial charge in [0.1, 0.15) is 0 Å². The largest absolute Gasteiger partial charge is 0.478 e. The van der Waals surface area contributed by atoms with Gasteiger partial charge >= 0.3 is 5.97 Å². The number of aliphatic hydroxyl groups is 1. The van der Waals surface area contributed by atoms with E-state index in [1.54, 1.807) is 24.3 Å². The number of aliphatic hydroxyl groups excluding tert-OH is 1. The van der Waals surface area contributed by atoms with Crippen molar-refractivity contribution in [3.8, 4) is 0 Å². The molecule has 0 radical (unpaired) electrons. The molecule has 5 nitrogen and oxygen atoms in total. The molecule has 1 saturated heterocycles. The zero-order valence-corrected chi connectivity index (χ0v) is 15.4. The molecular formula is C21H29NO4. The first-order chi connectivity index (χ1) is 12.5. The summed E-state index contributed by atoms with van der Waals surface area (Å²) in [5.41, 5.74) is 1.28. The van der Waals surface area contributed by atoms with Crippen LogP contribution in [0.3, 0.4) is 0 Å². The van der Waals surface area contributed by atoms with Crippen molar-refractivity contribution in [1.82, 2.24) is 4.90 Å². The molecule has 1 aromatic carbocycles. The van der Waals surface area contributed by atoms with Crippen LogP contribution < -0.4 is 0 Å². The third-order valence-corrected chi connectivity index (χ3v) is 4.88. The Morgan fingerprint density at radius 2 is 2.04 bits per heavy atom. The molecule has 26 heavy (non-hydrogen) atoms. The molecule has 1 aromatic rings. The molecular weight excluding hydrogens is 330 g/mol. The lowest BCUT2D eigenvalue weighted by atomic mass is 10.1. The van der Waals surface area contributed by atoms with Crippen LogP contribution in [-0.2, 0) is 11.2 Å². The number of hydrogen-bond donors (Lipinski definition) is 2. The van der Waals surface area contributed by atoms with Crippen LogP contribution in [0.1, 0.15) is 61.4 Å². The summed E-state index contributed by atoms with van der Waals surface area (Å²) in [7, 11) is 0. The van der Waals surface area contributed by atoms with Crippen LogP contribution in [-0.4, -0.2) is 45.7 Å². The van der Waals surface area contributed by atoms with Crippen molar-refractivity contribution in [1.29, 1.82) is 0 Å². The van der Waals surface area contributed by atoms with E-state index < -0.39 is 12.1 Å². The molecule has 2 atom stereocenters. The Labute approximate surface area is 155 Å². The first-order valence-electron chi connectivity index (χ1n) is 9.49. The molecule has 0 aliphatic carbocycles. The molecule has 2 unspecified atom stereocenters. The number of carboxylic acid groups (broad SMARTS) is 1. The van der Waals surface area contributed by atoms with E-state index in [1.807, 2.05) is 17.1 Å². The zero-order chi connectivity index (χ0) is 18.9. The Morgan fingerprint density at radius 1 is 1.31 bits per heavy atom. The third kappa shape index (κ3) is 5.99. The van der Waals surface area contributed by atoms with Crippen LogP contribution in [0.15, 0.2) is 36.4 Å². The molecule has 2 rings (SSSR count). The van der Waals surface area contributed by atoms with Crippen molar-refractivity contribution >= 4 is 11.9 Å². The van der Waals surface area contributed by atoms with Gasteiger partial charge in [0.25, 0.3) is 0 Å². The van der Waals surface area contributed by atoms with Gasteiger partial charge in [0.15, 0.2) is 0 Å². The van der Waals surface area contributed by atoms with Crippen molar-refractivity contribution in [3.63, 3.8) is 0 Å². The summed E-state index contributed by atoms with van der Waals surface area (Å²) in [6.07, 6.45) is 9.41. The number of rotatable bonds is 10. The van der Waals surface area contributed by atoms with Gasteiger partial charge in [0.2, 0.25) is 5.91 Å². The lowest BCUT2D eigenvalue weighted by Gasteiger charge is -2.22. The Bertz CT molecular complexity index is 623. The van der Waals surface area contributed by atoms with Crippen LogP contribution in [0.2, 0.25) is 0 Å². The standard InChI is InChI=1S/C21H29NO4/c1-2-3-4-5-19(23)12-10-18-11-13-20(24)22(18)15-14-16-6-8-17(9-7-16)21(25)26/h6-10,12,18-19,23H,2-5,11,13-15H2,1H3,(H,25,26)/b12-10+. The molecule has 1 fully saturated rings. The zero-order valence-electron chi connectivity index (χ0n) is 15.4. The number of hydrogen-bond acceptors (Lipinski definition) is 3. The van der Waals surface area contributed by atoms with Gasteiger partial charge in [-0.05, 0) is 37.0 Å².